The maximum Gasteiger partial charge on any atom is 0.404 e. The van der Waals surface area contributed by atoms with E-state index in [1.807, 2.05) is 18.2 Å². The molecule has 1 aliphatic heterocycles. The summed E-state index contributed by atoms with van der Waals surface area (Å²) in [5, 5.41) is 11.1. The fraction of sp³-hybridized carbons (Fsp3) is 0.619. The van der Waals surface area contributed by atoms with E-state index in [9.17, 15) is 4.79 Å². The fourth-order valence-corrected chi connectivity index (χ4v) is 3.74. The van der Waals surface area contributed by atoms with E-state index < -0.39 is 6.09 Å². The zero-order valence-electron chi connectivity index (χ0n) is 16.8. The number of rotatable bonds is 8. The average molecular weight is 403 g/mol. The Kier molecular flexibility index (Phi) is 6.08. The number of oxazole rings is 1. The van der Waals surface area contributed by atoms with Crippen LogP contribution in [-0.2, 0) is 4.74 Å². The SMILES string of the molecule is C[C@@H](COC1CCN(c2nc3ccc(OCC4CCC4)cc3o2)CC1)NC(=O)O. The van der Waals surface area contributed by atoms with Gasteiger partial charge in [-0.05, 0) is 50.7 Å². The van der Waals surface area contributed by atoms with Gasteiger partial charge >= 0.3 is 6.09 Å². The molecule has 0 bridgehead atoms. The van der Waals surface area contributed by atoms with Crippen molar-refractivity contribution in [3.8, 4) is 5.75 Å². The Morgan fingerprint density at radius 2 is 2.14 bits per heavy atom. The van der Waals surface area contributed by atoms with Gasteiger partial charge in [-0.2, -0.15) is 4.98 Å². The van der Waals surface area contributed by atoms with E-state index in [4.69, 9.17) is 19.0 Å². The highest BCUT2D eigenvalue weighted by Crippen LogP contribution is 2.30. The van der Waals surface area contributed by atoms with Gasteiger partial charge < -0.3 is 29.2 Å². The number of hydrogen-bond donors (Lipinski definition) is 2. The van der Waals surface area contributed by atoms with Crippen LogP contribution in [-0.4, -0.2) is 54.6 Å². The van der Waals surface area contributed by atoms with Crippen molar-refractivity contribution in [3.63, 3.8) is 0 Å². The predicted octanol–water partition coefficient (Wildman–Crippen LogP) is 3.65. The van der Waals surface area contributed by atoms with Crippen LogP contribution in [0, 0.1) is 5.92 Å². The van der Waals surface area contributed by atoms with Crippen molar-refractivity contribution in [2.24, 2.45) is 5.92 Å². The molecule has 0 radical (unpaired) electrons. The zero-order chi connectivity index (χ0) is 20.2. The van der Waals surface area contributed by atoms with Crippen LogP contribution >= 0.6 is 0 Å². The topological polar surface area (TPSA) is 97.1 Å². The highest BCUT2D eigenvalue weighted by atomic mass is 16.5. The van der Waals surface area contributed by atoms with Gasteiger partial charge in [0.25, 0.3) is 6.01 Å². The normalized spacial score (nSPS) is 19.1. The van der Waals surface area contributed by atoms with Crippen LogP contribution in [0.2, 0.25) is 0 Å². The lowest BCUT2D eigenvalue weighted by Crippen LogP contribution is -2.40. The van der Waals surface area contributed by atoms with Crippen molar-refractivity contribution in [1.82, 2.24) is 10.3 Å². The monoisotopic (exact) mass is 403 g/mol. The number of nitrogens with zero attached hydrogens (tertiary/aromatic N) is 2. The first-order valence-electron chi connectivity index (χ1n) is 10.5. The zero-order valence-corrected chi connectivity index (χ0v) is 16.8. The third-order valence-electron chi connectivity index (χ3n) is 5.72. The lowest BCUT2D eigenvalue weighted by atomic mass is 9.86. The summed E-state index contributed by atoms with van der Waals surface area (Å²) in [4.78, 5) is 17.4. The van der Waals surface area contributed by atoms with Gasteiger partial charge in [-0.15, -0.1) is 0 Å². The van der Waals surface area contributed by atoms with Gasteiger partial charge in [0.05, 0.1) is 25.4 Å². The molecule has 1 amide bonds. The summed E-state index contributed by atoms with van der Waals surface area (Å²) < 4.78 is 17.7. The Labute approximate surface area is 170 Å². The number of carbonyl (C=O) groups is 1. The second-order valence-electron chi connectivity index (χ2n) is 8.10. The van der Waals surface area contributed by atoms with E-state index in [1.165, 1.54) is 19.3 Å². The van der Waals surface area contributed by atoms with Gasteiger partial charge in [-0.3, -0.25) is 0 Å². The first kappa shape index (κ1) is 19.8. The maximum absolute atomic E-state index is 10.6. The van der Waals surface area contributed by atoms with Crippen LogP contribution in [0.15, 0.2) is 22.6 Å². The van der Waals surface area contributed by atoms with Gasteiger partial charge in [-0.1, -0.05) is 6.42 Å². The number of aromatic nitrogens is 1. The molecule has 8 heteroatoms. The number of ether oxygens (including phenoxy) is 2. The van der Waals surface area contributed by atoms with Crippen LogP contribution < -0.4 is 15.0 Å². The van der Waals surface area contributed by atoms with E-state index in [1.54, 1.807) is 6.92 Å². The summed E-state index contributed by atoms with van der Waals surface area (Å²) in [7, 11) is 0. The Morgan fingerprint density at radius 1 is 1.34 bits per heavy atom. The van der Waals surface area contributed by atoms with Gasteiger partial charge in [0, 0.05) is 19.2 Å². The van der Waals surface area contributed by atoms with Crippen LogP contribution in [0.1, 0.15) is 39.0 Å². The Morgan fingerprint density at radius 3 is 2.83 bits per heavy atom. The van der Waals surface area contributed by atoms with Crippen molar-refractivity contribution < 1.29 is 23.8 Å². The molecular weight excluding hydrogens is 374 g/mol. The largest absolute Gasteiger partial charge is 0.493 e. The molecule has 29 heavy (non-hydrogen) atoms. The number of piperidine rings is 1. The summed E-state index contributed by atoms with van der Waals surface area (Å²) >= 11 is 0. The average Bonchev–Trinajstić information content (AvgIpc) is 3.08. The molecule has 2 heterocycles. The van der Waals surface area contributed by atoms with Crippen LogP contribution in [0.3, 0.4) is 0 Å². The molecule has 4 rings (SSSR count). The highest BCUT2D eigenvalue weighted by Gasteiger charge is 2.24. The van der Waals surface area contributed by atoms with Crippen LogP contribution in [0.5, 0.6) is 5.75 Å². The molecule has 1 aromatic heterocycles. The fourth-order valence-electron chi connectivity index (χ4n) is 3.74. The van der Waals surface area contributed by atoms with E-state index in [2.05, 4.69) is 15.2 Å². The molecule has 2 aliphatic rings. The first-order valence-corrected chi connectivity index (χ1v) is 10.5. The molecule has 0 unspecified atom stereocenters. The van der Waals surface area contributed by atoms with E-state index in [0.717, 1.165) is 49.4 Å². The van der Waals surface area contributed by atoms with Gasteiger partial charge in [0.2, 0.25) is 0 Å². The first-order chi connectivity index (χ1) is 14.1. The van der Waals surface area contributed by atoms with Crippen molar-refractivity contribution >= 4 is 23.2 Å². The van der Waals surface area contributed by atoms with E-state index in [0.29, 0.717) is 18.5 Å². The van der Waals surface area contributed by atoms with E-state index >= 15 is 0 Å². The standard InChI is InChI=1S/C21H29N3O5/c1-14(22-21(25)26)12-27-16-7-9-24(10-8-16)20-23-18-6-5-17(11-19(18)29-20)28-13-15-3-2-4-15/h5-6,11,14-16,22H,2-4,7-10,12-13H2,1H3,(H,25,26)/t14-/m0/s1. The minimum Gasteiger partial charge on any atom is -0.493 e. The number of hydrogen-bond acceptors (Lipinski definition) is 6. The molecule has 0 spiro atoms. The van der Waals surface area contributed by atoms with E-state index in [-0.39, 0.29) is 12.1 Å². The van der Waals surface area contributed by atoms with Crippen molar-refractivity contribution in [2.45, 2.75) is 51.2 Å². The summed E-state index contributed by atoms with van der Waals surface area (Å²) in [5.74, 6) is 1.53. The molecule has 158 valence electrons. The minimum absolute atomic E-state index is 0.125. The van der Waals surface area contributed by atoms with Crippen molar-refractivity contribution in [1.29, 1.82) is 0 Å². The van der Waals surface area contributed by atoms with Crippen LogP contribution in [0.4, 0.5) is 10.8 Å². The van der Waals surface area contributed by atoms with Crippen molar-refractivity contribution in [3.05, 3.63) is 18.2 Å². The predicted molar refractivity (Wildman–Crippen MR) is 109 cm³/mol. The maximum atomic E-state index is 10.6. The summed E-state index contributed by atoms with van der Waals surface area (Å²) in [6, 6.07) is 6.25. The number of carboxylic acid groups (broad SMARTS) is 1. The van der Waals surface area contributed by atoms with Gasteiger partial charge in [-0.25, -0.2) is 4.79 Å². The quantitative estimate of drug-likeness (QED) is 0.694. The second kappa shape index (κ2) is 8.90. The molecule has 8 nitrogen and oxygen atoms in total. The summed E-state index contributed by atoms with van der Waals surface area (Å²) in [6.45, 7) is 4.54. The Balaban J connectivity index is 1.28. The molecule has 2 aromatic rings. The number of anilines is 1. The van der Waals surface area contributed by atoms with Gasteiger partial charge in [0.1, 0.15) is 11.3 Å². The highest BCUT2D eigenvalue weighted by molar-refractivity contribution is 5.76. The molecule has 1 aliphatic carbocycles. The molecule has 2 N–H and O–H groups in total. The summed E-state index contributed by atoms with van der Waals surface area (Å²) in [6.07, 6.45) is 4.66. The van der Waals surface area contributed by atoms with Gasteiger partial charge in [0.15, 0.2) is 5.58 Å². The molecule has 2 fully saturated rings. The molecule has 1 saturated carbocycles. The lowest BCUT2D eigenvalue weighted by molar-refractivity contribution is 0.0260. The lowest BCUT2D eigenvalue weighted by Gasteiger charge is -2.31. The smallest absolute Gasteiger partial charge is 0.404 e. The molecular formula is C21H29N3O5. The second-order valence-corrected chi connectivity index (χ2v) is 8.10. The Bertz CT molecular complexity index is 827. The Hall–Kier alpha value is -2.48. The number of benzene rings is 1. The number of amides is 1. The third-order valence-corrected chi connectivity index (χ3v) is 5.72. The van der Waals surface area contributed by atoms with Crippen molar-refractivity contribution in [2.75, 3.05) is 31.2 Å². The van der Waals surface area contributed by atoms with Crippen LogP contribution in [0.25, 0.3) is 11.1 Å². The third kappa shape index (κ3) is 5.12. The molecule has 1 atom stereocenters. The number of nitrogens with one attached hydrogen (secondary N) is 1. The molecule has 1 aromatic carbocycles. The molecule has 1 saturated heterocycles. The summed E-state index contributed by atoms with van der Waals surface area (Å²) in [5.41, 5.74) is 1.58. The number of fused-ring (bicyclic) bond motifs is 1. The minimum atomic E-state index is -1.02.